The molecule has 0 fully saturated rings. The van der Waals surface area contributed by atoms with Crippen LogP contribution in [-0.2, 0) is 0 Å². The maximum Gasteiger partial charge on any atom is 0.454 e. The molecule has 0 spiro atoms. The third kappa shape index (κ3) is 3.26. The first-order valence-electron chi connectivity index (χ1n) is 2.40. The monoisotopic (exact) mass is 200 g/mol. The second-order valence-corrected chi connectivity index (χ2v) is 1.47. The van der Waals surface area contributed by atoms with Crippen molar-refractivity contribution in [1.82, 2.24) is 0 Å². The van der Waals surface area contributed by atoms with Gasteiger partial charge >= 0.3 is 18.5 Å². The van der Waals surface area contributed by atoms with Gasteiger partial charge in [0.2, 0.25) is 0 Å². The molecule has 2 N–H and O–H groups in total. The number of rotatable bonds is 1. The molecule has 0 bridgehead atoms. The molecule has 0 aromatic heterocycles. The zero-order chi connectivity index (χ0) is 10.6. The van der Waals surface area contributed by atoms with Crippen LogP contribution in [0.1, 0.15) is 0 Å². The molecule has 0 radical (unpaired) electrons. The van der Waals surface area contributed by atoms with Crippen molar-refractivity contribution in [3.8, 4) is 0 Å². The SMILES string of the molecule is CO.OC(F)(C(F)F)C(F)(F)F. The molecule has 0 aliphatic rings. The molecular weight excluding hydrogens is 194 g/mol. The predicted octanol–water partition coefficient (Wildman–Crippen LogP) is 1.08. The second-order valence-electron chi connectivity index (χ2n) is 1.47. The lowest BCUT2D eigenvalue weighted by atomic mass is 10.3. The molecule has 8 heteroatoms. The molecule has 0 aliphatic carbocycles. The van der Waals surface area contributed by atoms with E-state index >= 15 is 0 Å². The van der Waals surface area contributed by atoms with Crippen LogP contribution < -0.4 is 0 Å². The standard InChI is InChI=1S/C3H2F6O.CH4O/c4-1(5)2(6,10)3(7,8)9;1-2/h1,10H;2H,1H3. The van der Waals surface area contributed by atoms with Crippen molar-refractivity contribution < 1.29 is 36.6 Å². The lowest BCUT2D eigenvalue weighted by Crippen LogP contribution is -2.47. The molecule has 0 amide bonds. The number of aliphatic hydroxyl groups is 2. The molecule has 0 rings (SSSR count). The first kappa shape index (κ1) is 14.0. The average Bonchev–Trinajstić information content (AvgIpc) is 1.89. The summed E-state index contributed by atoms with van der Waals surface area (Å²) in [6, 6.07) is 0. The number of alkyl halides is 6. The van der Waals surface area contributed by atoms with Gasteiger partial charge in [-0.25, -0.2) is 8.78 Å². The molecule has 0 saturated heterocycles. The maximum absolute atomic E-state index is 11.4. The van der Waals surface area contributed by atoms with Gasteiger partial charge in [0.05, 0.1) is 0 Å². The van der Waals surface area contributed by atoms with E-state index < -0.39 is 18.5 Å². The maximum atomic E-state index is 11.4. The third-order valence-electron chi connectivity index (χ3n) is 0.687. The Kier molecular flexibility index (Phi) is 5.28. The van der Waals surface area contributed by atoms with Crippen molar-refractivity contribution in [3.63, 3.8) is 0 Å². The Morgan fingerprint density at radius 3 is 1.25 bits per heavy atom. The fourth-order valence-corrected chi connectivity index (χ4v) is 0.124. The molecule has 0 aromatic carbocycles. The topological polar surface area (TPSA) is 40.5 Å². The van der Waals surface area contributed by atoms with Crippen molar-refractivity contribution >= 4 is 0 Å². The third-order valence-corrected chi connectivity index (χ3v) is 0.687. The summed E-state index contributed by atoms with van der Waals surface area (Å²) in [5.41, 5.74) is 0. The van der Waals surface area contributed by atoms with Crippen LogP contribution in [0.4, 0.5) is 26.3 Å². The summed E-state index contributed by atoms with van der Waals surface area (Å²) in [4.78, 5) is 0. The quantitative estimate of drug-likeness (QED) is 0.622. The van der Waals surface area contributed by atoms with Crippen molar-refractivity contribution in [2.45, 2.75) is 18.5 Å². The van der Waals surface area contributed by atoms with Gasteiger partial charge in [-0.3, -0.25) is 0 Å². The van der Waals surface area contributed by atoms with Crippen molar-refractivity contribution in [3.05, 3.63) is 0 Å². The first-order chi connectivity index (χ1) is 5.19. The molecule has 2 nitrogen and oxygen atoms in total. The Labute approximate surface area is 63.4 Å². The highest BCUT2D eigenvalue weighted by Crippen LogP contribution is 2.36. The van der Waals surface area contributed by atoms with Crippen LogP contribution in [0.2, 0.25) is 0 Å². The first-order valence-corrected chi connectivity index (χ1v) is 2.40. The number of aliphatic hydroxyl groups excluding tert-OH is 1. The summed E-state index contributed by atoms with van der Waals surface area (Å²) in [5.74, 6) is -5.40. The Morgan fingerprint density at radius 2 is 1.25 bits per heavy atom. The summed E-state index contributed by atoms with van der Waals surface area (Å²) < 4.78 is 66.3. The molecule has 1 unspecified atom stereocenters. The Balaban J connectivity index is 0. The molecule has 0 heterocycles. The molecule has 76 valence electrons. The highest BCUT2D eigenvalue weighted by molar-refractivity contribution is 4.76. The largest absolute Gasteiger partial charge is 0.454 e. The normalized spacial score (nSPS) is 16.5. The van der Waals surface area contributed by atoms with E-state index in [1.165, 1.54) is 0 Å². The van der Waals surface area contributed by atoms with Crippen LogP contribution in [0.25, 0.3) is 0 Å². The van der Waals surface area contributed by atoms with Crippen LogP contribution in [0.3, 0.4) is 0 Å². The van der Waals surface area contributed by atoms with E-state index in [1.54, 1.807) is 0 Å². The van der Waals surface area contributed by atoms with Gasteiger partial charge in [-0.15, -0.1) is 0 Å². The zero-order valence-corrected chi connectivity index (χ0v) is 5.74. The molecule has 12 heavy (non-hydrogen) atoms. The average molecular weight is 200 g/mol. The van der Waals surface area contributed by atoms with Crippen molar-refractivity contribution in [2.75, 3.05) is 7.11 Å². The van der Waals surface area contributed by atoms with E-state index in [2.05, 4.69) is 0 Å². The lowest BCUT2D eigenvalue weighted by molar-refractivity contribution is -0.352. The summed E-state index contributed by atoms with van der Waals surface area (Å²) >= 11 is 0. The minimum Gasteiger partial charge on any atom is -0.400 e. The highest BCUT2D eigenvalue weighted by Gasteiger charge is 2.62. The van der Waals surface area contributed by atoms with Gasteiger partial charge in [-0.2, -0.15) is 17.6 Å². The molecule has 0 saturated carbocycles. The smallest absolute Gasteiger partial charge is 0.400 e. The number of hydrogen-bond acceptors (Lipinski definition) is 2. The minimum absolute atomic E-state index is 1.00. The summed E-state index contributed by atoms with van der Waals surface area (Å²) in [6.07, 6.45) is -10.4. The lowest BCUT2D eigenvalue weighted by Gasteiger charge is -2.20. The van der Waals surface area contributed by atoms with Gasteiger partial charge in [0.15, 0.2) is 0 Å². The van der Waals surface area contributed by atoms with Gasteiger partial charge in [0, 0.05) is 7.11 Å². The Hall–Kier alpha value is -0.500. The van der Waals surface area contributed by atoms with Crippen LogP contribution >= 0.6 is 0 Å². The summed E-state index contributed by atoms with van der Waals surface area (Å²) in [7, 11) is 1.00. The Morgan fingerprint density at radius 1 is 1.00 bits per heavy atom. The summed E-state index contributed by atoms with van der Waals surface area (Å²) in [6.45, 7) is 0. The van der Waals surface area contributed by atoms with Crippen LogP contribution in [-0.4, -0.2) is 35.8 Å². The van der Waals surface area contributed by atoms with E-state index in [0.717, 1.165) is 7.11 Å². The van der Waals surface area contributed by atoms with Crippen molar-refractivity contribution in [1.29, 1.82) is 0 Å². The van der Waals surface area contributed by atoms with Gasteiger partial charge in [0.1, 0.15) is 0 Å². The van der Waals surface area contributed by atoms with E-state index in [9.17, 15) is 26.3 Å². The molecule has 0 aromatic rings. The zero-order valence-electron chi connectivity index (χ0n) is 5.74. The van der Waals surface area contributed by atoms with E-state index in [1.807, 2.05) is 0 Å². The molecule has 1 atom stereocenters. The number of hydrogen-bond donors (Lipinski definition) is 2. The second kappa shape index (κ2) is 4.51. The van der Waals surface area contributed by atoms with Crippen LogP contribution in [0.15, 0.2) is 0 Å². The molecular formula is C4H6F6O2. The fraction of sp³-hybridized carbons (Fsp3) is 1.00. The number of halogens is 6. The fourth-order valence-electron chi connectivity index (χ4n) is 0.124. The summed E-state index contributed by atoms with van der Waals surface area (Å²) in [5, 5.41) is 14.4. The van der Waals surface area contributed by atoms with Crippen molar-refractivity contribution in [2.24, 2.45) is 0 Å². The van der Waals surface area contributed by atoms with E-state index in [-0.39, 0.29) is 0 Å². The van der Waals surface area contributed by atoms with E-state index in [4.69, 9.17) is 10.2 Å². The molecule has 0 aliphatic heterocycles. The minimum atomic E-state index is -5.94. The van der Waals surface area contributed by atoms with Crippen LogP contribution in [0, 0.1) is 0 Å². The van der Waals surface area contributed by atoms with Gasteiger partial charge in [0.25, 0.3) is 0 Å². The highest BCUT2D eigenvalue weighted by atomic mass is 19.4. The predicted molar refractivity (Wildman–Crippen MR) is 26.3 cm³/mol. The van der Waals surface area contributed by atoms with Crippen LogP contribution in [0.5, 0.6) is 0 Å². The van der Waals surface area contributed by atoms with Gasteiger partial charge in [-0.1, -0.05) is 0 Å². The van der Waals surface area contributed by atoms with Gasteiger partial charge in [-0.05, 0) is 0 Å². The van der Waals surface area contributed by atoms with Gasteiger partial charge < -0.3 is 10.2 Å². The van der Waals surface area contributed by atoms with E-state index in [0.29, 0.717) is 0 Å². The Bertz CT molecular complexity index is 119.